The van der Waals surface area contributed by atoms with Crippen molar-refractivity contribution in [3.63, 3.8) is 0 Å². The van der Waals surface area contributed by atoms with E-state index >= 15 is 0 Å². The highest BCUT2D eigenvalue weighted by Gasteiger charge is 2.48. The van der Waals surface area contributed by atoms with Gasteiger partial charge < -0.3 is 19.3 Å². The van der Waals surface area contributed by atoms with Crippen LogP contribution in [0.5, 0.6) is 17.2 Å². The second-order valence-electron chi connectivity index (χ2n) is 7.83. The van der Waals surface area contributed by atoms with Crippen molar-refractivity contribution in [1.29, 1.82) is 0 Å². The van der Waals surface area contributed by atoms with E-state index in [-0.39, 0.29) is 34.3 Å². The Bertz CT molecular complexity index is 981. The van der Waals surface area contributed by atoms with E-state index in [0.29, 0.717) is 23.3 Å². The van der Waals surface area contributed by atoms with Gasteiger partial charge in [-0.25, -0.2) is 4.79 Å². The number of ether oxygens (including phenoxy) is 3. The third-order valence-corrected chi connectivity index (χ3v) is 6.22. The van der Waals surface area contributed by atoms with Crippen molar-refractivity contribution in [2.24, 2.45) is 5.92 Å². The Kier molecular flexibility index (Phi) is 4.73. The SMILES string of the molecule is COc1c2c(c(C(=O)O)c(OC)c1C(=O)c1ccccc1)OC1(C)CCCC1C2. The fourth-order valence-corrected chi connectivity index (χ4v) is 4.74. The Balaban J connectivity index is 2.01. The van der Waals surface area contributed by atoms with Gasteiger partial charge in [0.2, 0.25) is 5.78 Å². The molecule has 0 amide bonds. The number of carbonyl (C=O) groups is 2. The van der Waals surface area contributed by atoms with Crippen molar-refractivity contribution in [2.75, 3.05) is 14.2 Å². The minimum absolute atomic E-state index is 0.0259. The lowest BCUT2D eigenvalue weighted by Gasteiger charge is -2.39. The smallest absolute Gasteiger partial charge is 0.343 e. The Morgan fingerprint density at radius 1 is 1.10 bits per heavy atom. The van der Waals surface area contributed by atoms with Crippen LogP contribution in [0, 0.1) is 5.92 Å². The molecule has 1 fully saturated rings. The monoisotopic (exact) mass is 396 g/mol. The summed E-state index contributed by atoms with van der Waals surface area (Å²) in [7, 11) is 2.85. The maximum Gasteiger partial charge on any atom is 0.343 e. The van der Waals surface area contributed by atoms with Crippen LogP contribution in [0.4, 0.5) is 0 Å². The zero-order chi connectivity index (χ0) is 20.8. The normalized spacial score (nSPS) is 22.2. The molecule has 1 N–H and O–H groups in total. The number of rotatable bonds is 5. The van der Waals surface area contributed by atoms with Crippen molar-refractivity contribution in [3.8, 4) is 17.2 Å². The molecule has 29 heavy (non-hydrogen) atoms. The second-order valence-corrected chi connectivity index (χ2v) is 7.83. The van der Waals surface area contributed by atoms with Crippen molar-refractivity contribution in [2.45, 2.75) is 38.2 Å². The third-order valence-electron chi connectivity index (χ3n) is 6.22. The highest BCUT2D eigenvalue weighted by molar-refractivity contribution is 6.15. The molecule has 152 valence electrons. The summed E-state index contributed by atoms with van der Waals surface area (Å²) in [5.41, 5.74) is 0.659. The van der Waals surface area contributed by atoms with Crippen molar-refractivity contribution in [1.82, 2.24) is 0 Å². The average Bonchev–Trinajstić information content (AvgIpc) is 3.10. The van der Waals surface area contributed by atoms with Crippen LogP contribution in [0.25, 0.3) is 0 Å². The molecule has 6 nitrogen and oxygen atoms in total. The topological polar surface area (TPSA) is 82.1 Å². The van der Waals surface area contributed by atoms with E-state index in [1.54, 1.807) is 24.3 Å². The third kappa shape index (κ3) is 2.94. The van der Waals surface area contributed by atoms with E-state index < -0.39 is 11.6 Å². The summed E-state index contributed by atoms with van der Waals surface area (Å²) in [5.74, 6) is -0.714. The largest absolute Gasteiger partial charge is 0.495 e. The molecule has 1 aliphatic carbocycles. The van der Waals surface area contributed by atoms with E-state index in [4.69, 9.17) is 14.2 Å². The molecule has 1 saturated carbocycles. The quantitative estimate of drug-likeness (QED) is 0.766. The van der Waals surface area contributed by atoms with E-state index in [0.717, 1.165) is 19.3 Å². The molecule has 2 aliphatic rings. The first-order valence-corrected chi connectivity index (χ1v) is 9.74. The maximum absolute atomic E-state index is 13.4. The molecular formula is C23H24O6. The van der Waals surface area contributed by atoms with Gasteiger partial charge in [-0.1, -0.05) is 30.3 Å². The molecule has 6 heteroatoms. The van der Waals surface area contributed by atoms with Gasteiger partial charge in [0.1, 0.15) is 28.2 Å². The number of carbonyl (C=O) groups excluding carboxylic acids is 1. The van der Waals surface area contributed by atoms with Crippen LogP contribution in [0.3, 0.4) is 0 Å². The lowest BCUT2D eigenvalue weighted by Crippen LogP contribution is -2.41. The second kappa shape index (κ2) is 7.10. The first-order valence-electron chi connectivity index (χ1n) is 9.74. The number of aromatic carboxylic acids is 1. The molecule has 4 rings (SSSR count). The molecule has 2 aromatic rings. The van der Waals surface area contributed by atoms with Gasteiger partial charge in [0, 0.05) is 17.0 Å². The molecule has 0 spiro atoms. The van der Waals surface area contributed by atoms with E-state index in [2.05, 4.69) is 0 Å². The summed E-state index contributed by atoms with van der Waals surface area (Å²) in [5, 5.41) is 10.0. The predicted molar refractivity (Wildman–Crippen MR) is 106 cm³/mol. The Morgan fingerprint density at radius 3 is 2.41 bits per heavy atom. The number of benzene rings is 2. The summed E-state index contributed by atoms with van der Waals surface area (Å²) >= 11 is 0. The number of methoxy groups -OCH3 is 2. The van der Waals surface area contributed by atoms with Crippen LogP contribution in [-0.4, -0.2) is 36.7 Å². The fraction of sp³-hybridized carbons (Fsp3) is 0.391. The maximum atomic E-state index is 13.4. The number of carboxylic acids is 1. The van der Waals surface area contributed by atoms with Gasteiger partial charge in [-0.3, -0.25) is 4.79 Å². The van der Waals surface area contributed by atoms with Crippen LogP contribution in [0.15, 0.2) is 30.3 Å². The molecule has 0 aromatic heterocycles. The molecule has 2 atom stereocenters. The highest BCUT2D eigenvalue weighted by Crippen LogP contribution is 2.53. The average molecular weight is 396 g/mol. The van der Waals surface area contributed by atoms with Crippen LogP contribution in [0.1, 0.15) is 58.0 Å². The summed E-state index contributed by atoms with van der Waals surface area (Å²) in [6.07, 6.45) is 3.49. The molecule has 0 radical (unpaired) electrons. The van der Waals surface area contributed by atoms with E-state index in [1.807, 2.05) is 13.0 Å². The standard InChI is InChI=1S/C23H24O6/c1-23-11-7-10-14(23)12-15-19(27-2)16(18(24)13-8-5-4-6-9-13)21(28-3)17(22(25)26)20(15)29-23/h4-6,8-9,14H,7,10-12H2,1-3H3,(H,25,26). The van der Waals surface area contributed by atoms with Crippen LogP contribution in [-0.2, 0) is 6.42 Å². The van der Waals surface area contributed by atoms with Gasteiger partial charge in [0.15, 0.2) is 5.75 Å². The molecule has 1 heterocycles. The lowest BCUT2D eigenvalue weighted by molar-refractivity contribution is 0.0287. The molecule has 1 aliphatic heterocycles. The molecule has 0 bridgehead atoms. The van der Waals surface area contributed by atoms with Gasteiger partial charge in [0.25, 0.3) is 0 Å². The van der Waals surface area contributed by atoms with Gasteiger partial charge in [-0.2, -0.15) is 0 Å². The van der Waals surface area contributed by atoms with Crippen molar-refractivity contribution < 1.29 is 28.9 Å². The van der Waals surface area contributed by atoms with E-state index in [9.17, 15) is 14.7 Å². The molecule has 2 aromatic carbocycles. The van der Waals surface area contributed by atoms with Crippen LogP contribution >= 0.6 is 0 Å². The van der Waals surface area contributed by atoms with Crippen LogP contribution < -0.4 is 14.2 Å². The summed E-state index contributed by atoms with van der Waals surface area (Å²) in [6, 6.07) is 8.71. The fourth-order valence-electron chi connectivity index (χ4n) is 4.74. The van der Waals surface area contributed by atoms with Gasteiger partial charge in [-0.05, 0) is 32.6 Å². The van der Waals surface area contributed by atoms with Gasteiger partial charge in [0.05, 0.1) is 14.2 Å². The Morgan fingerprint density at radius 2 is 1.79 bits per heavy atom. The molecule has 2 unspecified atom stereocenters. The minimum Gasteiger partial charge on any atom is -0.495 e. The summed E-state index contributed by atoms with van der Waals surface area (Å²) < 4.78 is 17.5. The zero-order valence-electron chi connectivity index (χ0n) is 16.8. The molecular weight excluding hydrogens is 372 g/mol. The lowest BCUT2D eigenvalue weighted by atomic mass is 9.81. The highest BCUT2D eigenvalue weighted by atomic mass is 16.5. The minimum atomic E-state index is -1.19. The van der Waals surface area contributed by atoms with E-state index in [1.165, 1.54) is 14.2 Å². The summed E-state index contributed by atoms with van der Waals surface area (Å²) in [6.45, 7) is 2.03. The number of ketones is 1. The summed E-state index contributed by atoms with van der Waals surface area (Å²) in [4.78, 5) is 25.6. The number of fused-ring (bicyclic) bond motifs is 2. The van der Waals surface area contributed by atoms with Crippen molar-refractivity contribution in [3.05, 3.63) is 52.6 Å². The van der Waals surface area contributed by atoms with Gasteiger partial charge >= 0.3 is 5.97 Å². The number of carboxylic acid groups (broad SMARTS) is 1. The first kappa shape index (κ1) is 19.3. The Hall–Kier alpha value is -3.02. The number of hydrogen-bond acceptors (Lipinski definition) is 5. The zero-order valence-corrected chi connectivity index (χ0v) is 16.8. The van der Waals surface area contributed by atoms with Crippen molar-refractivity contribution >= 4 is 11.8 Å². The Labute approximate surface area is 169 Å². The molecule has 0 saturated heterocycles. The van der Waals surface area contributed by atoms with Crippen LogP contribution in [0.2, 0.25) is 0 Å². The predicted octanol–water partition coefficient (Wildman–Crippen LogP) is 4.13. The van der Waals surface area contributed by atoms with Gasteiger partial charge in [-0.15, -0.1) is 0 Å². The number of hydrogen-bond donors (Lipinski definition) is 1. The first-order chi connectivity index (χ1) is 13.9.